The fourth-order valence-corrected chi connectivity index (χ4v) is 3.39. The van der Waals surface area contributed by atoms with Crippen molar-refractivity contribution in [2.45, 2.75) is 12.5 Å². The van der Waals surface area contributed by atoms with Crippen LogP contribution in [0.5, 0.6) is 5.75 Å². The van der Waals surface area contributed by atoms with Gasteiger partial charge in [0, 0.05) is 28.3 Å². The molecule has 1 aromatic heterocycles. The van der Waals surface area contributed by atoms with E-state index in [0.717, 1.165) is 10.8 Å². The van der Waals surface area contributed by atoms with Crippen molar-refractivity contribution in [1.29, 1.82) is 0 Å². The summed E-state index contributed by atoms with van der Waals surface area (Å²) in [5, 5.41) is 13.6. The number of carbonyl (C=O) groups excluding carboxylic acids is 2. The zero-order chi connectivity index (χ0) is 22.0. The largest absolute Gasteiger partial charge is 0.497 e. The highest BCUT2D eigenvalue weighted by Gasteiger charge is 2.25. The average molecular weight is 417 g/mol. The predicted octanol–water partition coefficient (Wildman–Crippen LogP) is 4.05. The van der Waals surface area contributed by atoms with E-state index in [4.69, 9.17) is 9.15 Å². The van der Waals surface area contributed by atoms with Crippen molar-refractivity contribution in [2.24, 2.45) is 0 Å². The number of carbonyl (C=O) groups is 3. The zero-order valence-corrected chi connectivity index (χ0v) is 16.6. The number of para-hydroxylation sites is 1. The topological polar surface area (TPSA) is 106 Å². The summed E-state index contributed by atoms with van der Waals surface area (Å²) in [5.74, 6) is -1.69. The highest BCUT2D eigenvalue weighted by atomic mass is 16.5. The molecule has 1 heterocycles. The van der Waals surface area contributed by atoms with Gasteiger partial charge in [0.05, 0.1) is 7.11 Å². The van der Waals surface area contributed by atoms with Crippen molar-refractivity contribution < 1.29 is 28.6 Å². The number of furan rings is 1. The number of nitrogens with one attached hydrogen (secondary N) is 1. The van der Waals surface area contributed by atoms with Gasteiger partial charge in [-0.05, 0) is 48.5 Å². The first-order valence-corrected chi connectivity index (χ1v) is 9.58. The Morgan fingerprint density at radius 1 is 0.935 bits per heavy atom. The number of hydrogen-bond acceptors (Lipinski definition) is 5. The number of benzene rings is 3. The number of rotatable bonds is 7. The smallest absolute Gasteiger partial charge is 0.326 e. The van der Waals surface area contributed by atoms with Crippen molar-refractivity contribution in [3.05, 3.63) is 77.9 Å². The Morgan fingerprint density at radius 2 is 1.61 bits per heavy atom. The predicted molar refractivity (Wildman–Crippen MR) is 115 cm³/mol. The summed E-state index contributed by atoms with van der Waals surface area (Å²) in [6.07, 6.45) is -0.376. The molecule has 4 rings (SSSR count). The Kier molecular flexibility index (Phi) is 5.41. The van der Waals surface area contributed by atoms with Gasteiger partial charge in [-0.25, -0.2) is 4.79 Å². The summed E-state index contributed by atoms with van der Waals surface area (Å²) in [6.45, 7) is 0. The van der Waals surface area contributed by atoms with Gasteiger partial charge in [-0.3, -0.25) is 9.59 Å². The number of hydrogen-bond donors (Lipinski definition) is 2. The molecule has 0 aliphatic heterocycles. The van der Waals surface area contributed by atoms with Crippen molar-refractivity contribution in [3.8, 4) is 5.75 Å². The lowest BCUT2D eigenvalue weighted by Gasteiger charge is -2.14. The molecular formula is C24H19NO6. The third-order valence-corrected chi connectivity index (χ3v) is 5.04. The van der Waals surface area contributed by atoms with Gasteiger partial charge < -0.3 is 19.6 Å². The summed E-state index contributed by atoms with van der Waals surface area (Å²) >= 11 is 0. The minimum atomic E-state index is -1.36. The van der Waals surface area contributed by atoms with Crippen LogP contribution in [0.2, 0.25) is 0 Å². The lowest BCUT2D eigenvalue weighted by molar-refractivity contribution is -0.139. The molecule has 4 aromatic rings. The Hall–Kier alpha value is -4.13. The van der Waals surface area contributed by atoms with E-state index in [1.807, 2.05) is 24.3 Å². The van der Waals surface area contributed by atoms with Gasteiger partial charge in [-0.2, -0.15) is 0 Å². The van der Waals surface area contributed by atoms with Crippen LogP contribution in [0.1, 0.15) is 27.1 Å². The molecule has 31 heavy (non-hydrogen) atoms. The van der Waals surface area contributed by atoms with E-state index in [2.05, 4.69) is 5.32 Å². The Bertz CT molecular complexity index is 1290. The first-order valence-electron chi connectivity index (χ1n) is 9.58. The Labute approximate surface area is 177 Å². The van der Waals surface area contributed by atoms with Gasteiger partial charge in [-0.1, -0.05) is 18.2 Å². The number of carboxylic acids is 1. The maximum atomic E-state index is 12.8. The second-order valence-electron chi connectivity index (χ2n) is 7.03. The van der Waals surface area contributed by atoms with Crippen molar-refractivity contribution in [1.82, 2.24) is 5.32 Å². The number of aliphatic carboxylic acids is 1. The van der Waals surface area contributed by atoms with Gasteiger partial charge >= 0.3 is 5.97 Å². The molecule has 7 heteroatoms. The van der Waals surface area contributed by atoms with Crippen molar-refractivity contribution in [3.63, 3.8) is 0 Å². The van der Waals surface area contributed by atoms with Crippen LogP contribution in [0.25, 0.3) is 21.9 Å². The number of amides is 1. The van der Waals surface area contributed by atoms with Crippen molar-refractivity contribution >= 4 is 39.6 Å². The molecule has 1 atom stereocenters. The second kappa shape index (κ2) is 8.31. The lowest BCUT2D eigenvalue weighted by Crippen LogP contribution is -2.42. The standard InChI is InChI=1S/C24H19NO6/c1-30-16-9-6-14(7-10-16)23(27)25-19(24(28)29)13-20(26)15-8-11-22-18(12-15)17-4-2-3-5-21(17)31-22/h2-12,19H,13H2,1H3,(H,25,27)(H,28,29). The van der Waals surface area contributed by atoms with Crippen LogP contribution >= 0.6 is 0 Å². The average Bonchev–Trinajstić information content (AvgIpc) is 3.16. The first-order chi connectivity index (χ1) is 15.0. The Balaban J connectivity index is 1.53. The van der Waals surface area contributed by atoms with E-state index in [1.165, 1.54) is 19.2 Å². The molecular weight excluding hydrogens is 398 g/mol. The molecule has 0 aliphatic carbocycles. The van der Waals surface area contributed by atoms with Gasteiger partial charge in [0.25, 0.3) is 5.91 Å². The molecule has 3 aromatic carbocycles. The number of carboxylic acid groups (broad SMARTS) is 1. The lowest BCUT2D eigenvalue weighted by atomic mass is 10.0. The maximum absolute atomic E-state index is 12.8. The summed E-state index contributed by atoms with van der Waals surface area (Å²) in [5.41, 5.74) is 1.97. The van der Waals surface area contributed by atoms with Gasteiger partial charge in [0.15, 0.2) is 5.78 Å². The number of ketones is 1. The quantitative estimate of drug-likeness (QED) is 0.440. The van der Waals surface area contributed by atoms with E-state index in [9.17, 15) is 19.5 Å². The fourth-order valence-electron chi connectivity index (χ4n) is 3.39. The monoisotopic (exact) mass is 417 g/mol. The van der Waals surface area contributed by atoms with Crippen LogP contribution < -0.4 is 10.1 Å². The molecule has 7 nitrogen and oxygen atoms in total. The van der Waals surface area contributed by atoms with E-state index >= 15 is 0 Å². The minimum Gasteiger partial charge on any atom is -0.497 e. The number of Topliss-reactive ketones (excluding diaryl/α,β-unsaturated/α-hetero) is 1. The van der Waals surface area contributed by atoms with E-state index in [-0.39, 0.29) is 12.0 Å². The number of methoxy groups -OCH3 is 1. The molecule has 1 unspecified atom stereocenters. The molecule has 0 fully saturated rings. The van der Waals surface area contributed by atoms with Crippen LogP contribution in [-0.4, -0.2) is 35.9 Å². The van der Waals surface area contributed by atoms with Crippen LogP contribution in [0.3, 0.4) is 0 Å². The molecule has 0 radical (unpaired) electrons. The summed E-state index contributed by atoms with van der Waals surface area (Å²) in [7, 11) is 1.50. The number of ether oxygens (including phenoxy) is 1. The summed E-state index contributed by atoms with van der Waals surface area (Å²) in [4.78, 5) is 36.9. The van der Waals surface area contributed by atoms with Crippen molar-refractivity contribution in [2.75, 3.05) is 7.11 Å². The fraction of sp³-hybridized carbons (Fsp3) is 0.125. The Morgan fingerprint density at radius 3 is 2.32 bits per heavy atom. The van der Waals surface area contributed by atoms with E-state index < -0.39 is 23.7 Å². The second-order valence-corrected chi connectivity index (χ2v) is 7.03. The van der Waals surface area contributed by atoms with Crippen LogP contribution in [0, 0.1) is 0 Å². The maximum Gasteiger partial charge on any atom is 0.326 e. The highest BCUT2D eigenvalue weighted by molar-refractivity contribution is 6.09. The van der Waals surface area contributed by atoms with Gasteiger partial charge in [-0.15, -0.1) is 0 Å². The molecule has 0 spiro atoms. The third-order valence-electron chi connectivity index (χ3n) is 5.04. The molecule has 0 aliphatic rings. The van der Waals surface area contributed by atoms with E-state index in [1.54, 1.807) is 30.3 Å². The number of fused-ring (bicyclic) bond motifs is 3. The summed E-state index contributed by atoms with van der Waals surface area (Å²) in [6, 6.07) is 17.3. The van der Waals surface area contributed by atoms with Gasteiger partial charge in [0.2, 0.25) is 0 Å². The third kappa shape index (κ3) is 4.11. The normalized spacial score (nSPS) is 11.9. The van der Waals surface area contributed by atoms with Crippen LogP contribution in [0.4, 0.5) is 0 Å². The minimum absolute atomic E-state index is 0.269. The SMILES string of the molecule is COc1ccc(C(=O)NC(CC(=O)c2ccc3oc4ccccc4c3c2)C(=O)O)cc1. The highest BCUT2D eigenvalue weighted by Crippen LogP contribution is 2.29. The molecule has 0 saturated carbocycles. The molecule has 1 amide bonds. The molecule has 2 N–H and O–H groups in total. The molecule has 156 valence electrons. The zero-order valence-electron chi connectivity index (χ0n) is 16.6. The molecule has 0 bridgehead atoms. The summed E-state index contributed by atoms with van der Waals surface area (Å²) < 4.78 is 10.8. The van der Waals surface area contributed by atoms with Gasteiger partial charge in [0.1, 0.15) is 23.0 Å². The van der Waals surface area contributed by atoms with Crippen LogP contribution in [-0.2, 0) is 4.79 Å². The first kappa shape index (κ1) is 20.2. The molecule has 0 saturated heterocycles. The van der Waals surface area contributed by atoms with E-state index in [0.29, 0.717) is 22.5 Å². The van der Waals surface area contributed by atoms with Crippen LogP contribution in [0.15, 0.2) is 71.1 Å².